The average molecular weight is 360 g/mol. The van der Waals surface area contributed by atoms with E-state index in [-0.39, 0.29) is 5.91 Å². The standard InChI is InChI=1S/C16H14BrN3O2/c1-10-5-3-4-6-14(10)16-20(11(2)21)19-15(22-16)12-7-13(17)9-18-8-12/h3-9,16H,1-2H3/t16-/m1/s1. The molecule has 0 saturated carbocycles. The minimum Gasteiger partial charge on any atom is -0.446 e. The summed E-state index contributed by atoms with van der Waals surface area (Å²) in [7, 11) is 0. The molecule has 2 heterocycles. The first-order valence-corrected chi connectivity index (χ1v) is 7.57. The largest absolute Gasteiger partial charge is 0.446 e. The molecule has 5 nitrogen and oxygen atoms in total. The van der Waals surface area contributed by atoms with Crippen molar-refractivity contribution in [1.29, 1.82) is 0 Å². The van der Waals surface area contributed by atoms with Gasteiger partial charge >= 0.3 is 0 Å². The normalized spacial score (nSPS) is 17.1. The van der Waals surface area contributed by atoms with Crippen molar-refractivity contribution in [2.75, 3.05) is 0 Å². The van der Waals surface area contributed by atoms with Gasteiger partial charge in [0.25, 0.3) is 0 Å². The van der Waals surface area contributed by atoms with Gasteiger partial charge in [0.2, 0.25) is 18.0 Å². The van der Waals surface area contributed by atoms with Crippen LogP contribution in [0.2, 0.25) is 0 Å². The van der Waals surface area contributed by atoms with E-state index in [4.69, 9.17) is 4.74 Å². The number of hydrogen-bond acceptors (Lipinski definition) is 4. The number of amides is 1. The highest BCUT2D eigenvalue weighted by Crippen LogP contribution is 2.32. The molecule has 22 heavy (non-hydrogen) atoms. The van der Waals surface area contributed by atoms with Crippen LogP contribution in [0.25, 0.3) is 0 Å². The van der Waals surface area contributed by atoms with Crippen molar-refractivity contribution >= 4 is 27.7 Å². The third-order valence-electron chi connectivity index (χ3n) is 3.37. The maximum absolute atomic E-state index is 11.9. The Kier molecular flexibility index (Phi) is 3.94. The summed E-state index contributed by atoms with van der Waals surface area (Å²) in [4.78, 5) is 16.0. The summed E-state index contributed by atoms with van der Waals surface area (Å²) in [5.41, 5.74) is 2.68. The van der Waals surface area contributed by atoms with Gasteiger partial charge in [-0.15, -0.1) is 5.10 Å². The highest BCUT2D eigenvalue weighted by molar-refractivity contribution is 9.10. The highest BCUT2D eigenvalue weighted by atomic mass is 79.9. The van der Waals surface area contributed by atoms with Gasteiger partial charge in [0, 0.05) is 29.4 Å². The van der Waals surface area contributed by atoms with Crippen LogP contribution in [0.15, 0.2) is 52.3 Å². The van der Waals surface area contributed by atoms with Crippen molar-refractivity contribution in [2.45, 2.75) is 20.1 Å². The number of carbonyl (C=O) groups excluding carboxylic acids is 1. The van der Waals surface area contributed by atoms with Gasteiger partial charge in [-0.1, -0.05) is 24.3 Å². The first-order valence-electron chi connectivity index (χ1n) is 6.78. The van der Waals surface area contributed by atoms with Crippen LogP contribution in [-0.4, -0.2) is 21.8 Å². The number of aryl methyl sites for hydroxylation is 1. The van der Waals surface area contributed by atoms with Gasteiger partial charge < -0.3 is 4.74 Å². The molecule has 1 atom stereocenters. The lowest BCUT2D eigenvalue weighted by Crippen LogP contribution is -2.25. The summed E-state index contributed by atoms with van der Waals surface area (Å²) in [6.45, 7) is 3.45. The number of hydrazone groups is 1. The summed E-state index contributed by atoms with van der Waals surface area (Å²) in [5, 5.41) is 5.67. The minimum absolute atomic E-state index is 0.175. The molecule has 3 rings (SSSR count). The maximum atomic E-state index is 11.9. The van der Waals surface area contributed by atoms with E-state index in [1.165, 1.54) is 11.9 Å². The van der Waals surface area contributed by atoms with Gasteiger partial charge in [-0.25, -0.2) is 0 Å². The van der Waals surface area contributed by atoms with Gasteiger partial charge in [0.1, 0.15) is 0 Å². The zero-order valence-electron chi connectivity index (χ0n) is 12.2. The second-order valence-electron chi connectivity index (χ2n) is 4.99. The van der Waals surface area contributed by atoms with Crippen LogP contribution in [0.5, 0.6) is 0 Å². The molecule has 1 aliphatic heterocycles. The van der Waals surface area contributed by atoms with Gasteiger partial charge in [-0.2, -0.15) is 5.01 Å². The Bertz CT molecular complexity index is 761. The molecule has 0 unspecified atom stereocenters. The zero-order valence-corrected chi connectivity index (χ0v) is 13.7. The number of ether oxygens (including phenoxy) is 1. The molecule has 112 valence electrons. The summed E-state index contributed by atoms with van der Waals surface area (Å²) in [5.74, 6) is 0.212. The first kappa shape index (κ1) is 14.7. The van der Waals surface area contributed by atoms with E-state index in [1.807, 2.05) is 37.3 Å². The van der Waals surface area contributed by atoms with E-state index in [0.29, 0.717) is 5.90 Å². The molecule has 0 N–H and O–H groups in total. The van der Waals surface area contributed by atoms with Crippen LogP contribution in [0.4, 0.5) is 0 Å². The Morgan fingerprint density at radius 1 is 1.32 bits per heavy atom. The molecule has 6 heteroatoms. The lowest BCUT2D eigenvalue weighted by molar-refractivity contribution is -0.135. The molecule has 0 spiro atoms. The molecule has 0 saturated heterocycles. The van der Waals surface area contributed by atoms with Crippen molar-refractivity contribution in [3.63, 3.8) is 0 Å². The van der Waals surface area contributed by atoms with Crippen LogP contribution in [0.3, 0.4) is 0 Å². The fourth-order valence-electron chi connectivity index (χ4n) is 2.28. The molecule has 0 aliphatic carbocycles. The van der Waals surface area contributed by atoms with Crippen LogP contribution >= 0.6 is 15.9 Å². The molecule has 0 bridgehead atoms. The van der Waals surface area contributed by atoms with Crippen LogP contribution in [0, 0.1) is 6.92 Å². The van der Waals surface area contributed by atoms with Crippen molar-refractivity contribution in [3.05, 3.63) is 63.9 Å². The summed E-state index contributed by atoms with van der Waals surface area (Å²) in [6.07, 6.45) is 2.79. The fourth-order valence-corrected chi connectivity index (χ4v) is 2.64. The van der Waals surface area contributed by atoms with Crippen molar-refractivity contribution in [1.82, 2.24) is 9.99 Å². The second kappa shape index (κ2) is 5.88. The highest BCUT2D eigenvalue weighted by Gasteiger charge is 2.33. The van der Waals surface area contributed by atoms with Gasteiger partial charge in [-0.05, 0) is 34.5 Å². The van der Waals surface area contributed by atoms with Crippen molar-refractivity contribution < 1.29 is 9.53 Å². The fraction of sp³-hybridized carbons (Fsp3) is 0.188. The minimum atomic E-state index is -0.548. The van der Waals surface area contributed by atoms with E-state index in [0.717, 1.165) is 21.2 Å². The number of pyridine rings is 1. The topological polar surface area (TPSA) is 54.8 Å². The predicted molar refractivity (Wildman–Crippen MR) is 86.0 cm³/mol. The van der Waals surface area contributed by atoms with E-state index in [9.17, 15) is 4.79 Å². The van der Waals surface area contributed by atoms with Crippen molar-refractivity contribution in [2.24, 2.45) is 5.10 Å². The van der Waals surface area contributed by atoms with Crippen LogP contribution in [-0.2, 0) is 9.53 Å². The zero-order chi connectivity index (χ0) is 15.7. The first-order chi connectivity index (χ1) is 10.6. The number of rotatable bonds is 2. The van der Waals surface area contributed by atoms with Gasteiger partial charge in [0.15, 0.2) is 0 Å². The number of aromatic nitrogens is 1. The molecular formula is C16H14BrN3O2. The lowest BCUT2D eigenvalue weighted by atomic mass is 10.1. The van der Waals surface area contributed by atoms with Gasteiger partial charge in [0.05, 0.1) is 5.56 Å². The van der Waals surface area contributed by atoms with Crippen molar-refractivity contribution in [3.8, 4) is 0 Å². The molecule has 1 aromatic carbocycles. The molecule has 0 radical (unpaired) electrons. The van der Waals surface area contributed by atoms with E-state index in [1.54, 1.807) is 12.4 Å². The maximum Gasteiger partial charge on any atom is 0.243 e. The molecule has 1 aliphatic rings. The summed E-state index contributed by atoms with van der Waals surface area (Å²) >= 11 is 3.37. The Balaban J connectivity index is 1.99. The molecule has 2 aromatic rings. The van der Waals surface area contributed by atoms with E-state index in [2.05, 4.69) is 26.0 Å². The smallest absolute Gasteiger partial charge is 0.243 e. The summed E-state index contributed by atoms with van der Waals surface area (Å²) < 4.78 is 6.76. The lowest BCUT2D eigenvalue weighted by Gasteiger charge is -2.20. The Hall–Kier alpha value is -2.21. The van der Waals surface area contributed by atoms with Crippen LogP contribution < -0.4 is 0 Å². The number of nitrogens with zero attached hydrogens (tertiary/aromatic N) is 3. The third kappa shape index (κ3) is 2.74. The second-order valence-corrected chi connectivity index (χ2v) is 5.90. The Morgan fingerprint density at radius 2 is 2.09 bits per heavy atom. The average Bonchev–Trinajstić information content (AvgIpc) is 2.93. The molecule has 1 amide bonds. The van der Waals surface area contributed by atoms with E-state index >= 15 is 0 Å². The monoisotopic (exact) mass is 359 g/mol. The van der Waals surface area contributed by atoms with E-state index < -0.39 is 6.23 Å². The van der Waals surface area contributed by atoms with Crippen LogP contribution in [0.1, 0.15) is 29.8 Å². The number of hydrogen-bond donors (Lipinski definition) is 0. The number of halogens is 1. The summed E-state index contributed by atoms with van der Waals surface area (Å²) in [6, 6.07) is 9.64. The Labute approximate surface area is 136 Å². The number of carbonyl (C=O) groups is 1. The Morgan fingerprint density at radius 3 is 2.77 bits per heavy atom. The molecule has 1 aromatic heterocycles. The quantitative estimate of drug-likeness (QED) is 0.825. The molecule has 0 fully saturated rings. The SMILES string of the molecule is CC(=O)N1N=C(c2cncc(Br)c2)O[C@@H]1c1ccccc1C. The third-order valence-corrected chi connectivity index (χ3v) is 3.81. The number of benzene rings is 1. The predicted octanol–water partition coefficient (Wildman–Crippen LogP) is 3.39. The molecular weight excluding hydrogens is 346 g/mol. The van der Waals surface area contributed by atoms with Gasteiger partial charge in [-0.3, -0.25) is 9.78 Å².